The molecule has 0 saturated heterocycles. The normalized spacial score (nSPS) is 13.0. The highest BCUT2D eigenvalue weighted by molar-refractivity contribution is 7.10. The van der Waals surface area contributed by atoms with Crippen LogP contribution in [0, 0.1) is 0 Å². The highest BCUT2D eigenvalue weighted by Gasteiger charge is 2.13. The molecule has 0 spiro atoms. The molecule has 23 heavy (non-hydrogen) atoms. The maximum atomic E-state index is 5.72. The quantitative estimate of drug-likeness (QED) is 0.745. The van der Waals surface area contributed by atoms with E-state index in [0.29, 0.717) is 13.2 Å². The minimum absolute atomic E-state index is 0.593. The SMILES string of the molecule is Nc1ccc(Cc2nc(-c3ccc4c(c3)OCCO4)cs2)cc1. The van der Waals surface area contributed by atoms with Gasteiger partial charge in [-0.3, -0.25) is 0 Å². The van der Waals surface area contributed by atoms with Crippen LogP contribution in [0.4, 0.5) is 5.69 Å². The Hall–Kier alpha value is -2.53. The van der Waals surface area contributed by atoms with Crippen LogP contribution in [-0.4, -0.2) is 18.2 Å². The molecule has 5 heteroatoms. The third-order valence-electron chi connectivity index (χ3n) is 3.72. The van der Waals surface area contributed by atoms with Crippen LogP contribution >= 0.6 is 11.3 Å². The van der Waals surface area contributed by atoms with Crippen LogP contribution in [-0.2, 0) is 6.42 Å². The molecule has 1 aliphatic rings. The van der Waals surface area contributed by atoms with Gasteiger partial charge in [0.2, 0.25) is 0 Å². The summed E-state index contributed by atoms with van der Waals surface area (Å²) in [5, 5.41) is 3.16. The van der Waals surface area contributed by atoms with E-state index in [-0.39, 0.29) is 0 Å². The third kappa shape index (κ3) is 3.00. The maximum absolute atomic E-state index is 5.72. The lowest BCUT2D eigenvalue weighted by Crippen LogP contribution is -2.15. The second-order valence-corrected chi connectivity index (χ2v) is 6.35. The first-order chi connectivity index (χ1) is 11.3. The second kappa shape index (κ2) is 5.93. The van der Waals surface area contributed by atoms with Crippen LogP contribution < -0.4 is 15.2 Å². The third-order valence-corrected chi connectivity index (χ3v) is 4.57. The molecule has 2 heterocycles. The van der Waals surface area contributed by atoms with Crippen molar-refractivity contribution < 1.29 is 9.47 Å². The first kappa shape index (κ1) is 14.1. The van der Waals surface area contributed by atoms with E-state index in [2.05, 4.69) is 5.38 Å². The van der Waals surface area contributed by atoms with Crippen LogP contribution in [0.5, 0.6) is 11.5 Å². The molecule has 2 N–H and O–H groups in total. The summed E-state index contributed by atoms with van der Waals surface area (Å²) in [7, 11) is 0. The summed E-state index contributed by atoms with van der Waals surface area (Å²) < 4.78 is 11.2. The summed E-state index contributed by atoms with van der Waals surface area (Å²) in [6.45, 7) is 1.20. The molecule has 4 rings (SSSR count). The van der Waals surface area contributed by atoms with Gasteiger partial charge in [-0.15, -0.1) is 11.3 Å². The van der Waals surface area contributed by atoms with Gasteiger partial charge < -0.3 is 15.2 Å². The first-order valence-corrected chi connectivity index (χ1v) is 8.35. The second-order valence-electron chi connectivity index (χ2n) is 5.40. The molecule has 2 aromatic carbocycles. The Morgan fingerprint density at radius 3 is 2.61 bits per heavy atom. The number of fused-ring (bicyclic) bond motifs is 1. The average Bonchev–Trinajstić information content (AvgIpc) is 3.05. The molecular weight excluding hydrogens is 308 g/mol. The van der Waals surface area contributed by atoms with Crippen LogP contribution in [0.3, 0.4) is 0 Å². The van der Waals surface area contributed by atoms with Crippen molar-refractivity contribution in [3.8, 4) is 22.8 Å². The highest BCUT2D eigenvalue weighted by Crippen LogP contribution is 2.35. The lowest BCUT2D eigenvalue weighted by molar-refractivity contribution is 0.171. The zero-order valence-electron chi connectivity index (χ0n) is 12.5. The number of rotatable bonds is 3. The number of nitrogen functional groups attached to an aromatic ring is 1. The van der Waals surface area contributed by atoms with Gasteiger partial charge in [-0.1, -0.05) is 12.1 Å². The van der Waals surface area contributed by atoms with Gasteiger partial charge in [0.15, 0.2) is 11.5 Å². The molecule has 0 radical (unpaired) electrons. The molecule has 0 saturated carbocycles. The van der Waals surface area contributed by atoms with E-state index in [4.69, 9.17) is 20.2 Å². The summed E-state index contributed by atoms with van der Waals surface area (Å²) >= 11 is 1.67. The van der Waals surface area contributed by atoms with Crippen molar-refractivity contribution in [2.24, 2.45) is 0 Å². The minimum Gasteiger partial charge on any atom is -0.486 e. The van der Waals surface area contributed by atoms with Gasteiger partial charge in [0, 0.05) is 23.1 Å². The lowest BCUT2D eigenvalue weighted by atomic mass is 10.1. The number of hydrogen-bond donors (Lipinski definition) is 1. The summed E-state index contributed by atoms with van der Waals surface area (Å²) in [6, 6.07) is 13.9. The Kier molecular flexibility index (Phi) is 3.63. The molecule has 0 amide bonds. The summed E-state index contributed by atoms with van der Waals surface area (Å²) in [6.07, 6.45) is 0.815. The number of hydrogen-bond acceptors (Lipinski definition) is 5. The number of aromatic nitrogens is 1. The zero-order valence-corrected chi connectivity index (χ0v) is 13.3. The smallest absolute Gasteiger partial charge is 0.162 e. The van der Waals surface area contributed by atoms with E-state index >= 15 is 0 Å². The molecule has 1 aromatic heterocycles. The largest absolute Gasteiger partial charge is 0.486 e. The predicted molar refractivity (Wildman–Crippen MR) is 92.2 cm³/mol. The first-order valence-electron chi connectivity index (χ1n) is 7.47. The fourth-order valence-corrected chi connectivity index (χ4v) is 3.37. The van der Waals surface area contributed by atoms with Crippen LogP contribution in [0.15, 0.2) is 47.8 Å². The monoisotopic (exact) mass is 324 g/mol. The zero-order chi connectivity index (χ0) is 15.6. The van der Waals surface area contributed by atoms with Gasteiger partial charge in [0.25, 0.3) is 0 Å². The van der Waals surface area contributed by atoms with Gasteiger partial charge in [-0.25, -0.2) is 4.98 Å². The standard InChI is InChI=1S/C18H16N2O2S/c19-14-4-1-12(2-5-14)9-18-20-15(11-23-18)13-3-6-16-17(10-13)22-8-7-21-16/h1-6,10-11H,7-9,19H2. The van der Waals surface area contributed by atoms with E-state index in [1.807, 2.05) is 42.5 Å². The Morgan fingerprint density at radius 1 is 1.00 bits per heavy atom. The van der Waals surface area contributed by atoms with E-state index < -0.39 is 0 Å². The summed E-state index contributed by atoms with van der Waals surface area (Å²) in [4.78, 5) is 4.74. The molecule has 4 nitrogen and oxygen atoms in total. The number of ether oxygens (including phenoxy) is 2. The molecule has 0 fully saturated rings. The van der Waals surface area contributed by atoms with Gasteiger partial charge in [-0.2, -0.15) is 0 Å². The van der Waals surface area contributed by atoms with Crippen molar-refractivity contribution in [1.82, 2.24) is 4.98 Å². The lowest BCUT2D eigenvalue weighted by Gasteiger charge is -2.18. The molecule has 3 aromatic rings. The Balaban J connectivity index is 1.56. The molecule has 116 valence electrons. The molecule has 0 atom stereocenters. The van der Waals surface area contributed by atoms with Crippen LogP contribution in [0.25, 0.3) is 11.3 Å². The molecular formula is C18H16N2O2S. The van der Waals surface area contributed by atoms with Gasteiger partial charge in [-0.05, 0) is 35.9 Å². The highest BCUT2D eigenvalue weighted by atomic mass is 32.1. The van der Waals surface area contributed by atoms with E-state index in [9.17, 15) is 0 Å². The minimum atomic E-state index is 0.593. The Labute approximate surface area is 138 Å². The maximum Gasteiger partial charge on any atom is 0.162 e. The molecule has 0 aliphatic carbocycles. The van der Waals surface area contributed by atoms with Crippen molar-refractivity contribution in [2.75, 3.05) is 18.9 Å². The van der Waals surface area contributed by atoms with Crippen molar-refractivity contribution in [3.05, 3.63) is 58.4 Å². The number of nitrogens with zero attached hydrogens (tertiary/aromatic N) is 1. The van der Waals surface area contributed by atoms with Crippen LogP contribution in [0.2, 0.25) is 0 Å². The van der Waals surface area contributed by atoms with Crippen LogP contribution in [0.1, 0.15) is 10.6 Å². The molecule has 1 aliphatic heterocycles. The Morgan fingerprint density at radius 2 is 1.78 bits per heavy atom. The molecule has 0 unspecified atom stereocenters. The van der Waals surface area contributed by atoms with E-state index in [0.717, 1.165) is 39.9 Å². The number of anilines is 1. The fourth-order valence-electron chi connectivity index (χ4n) is 2.54. The number of nitrogens with two attached hydrogens (primary N) is 1. The van der Waals surface area contributed by atoms with E-state index in [1.54, 1.807) is 11.3 Å². The number of benzene rings is 2. The topological polar surface area (TPSA) is 57.4 Å². The average molecular weight is 324 g/mol. The van der Waals surface area contributed by atoms with Crippen molar-refractivity contribution >= 4 is 17.0 Å². The van der Waals surface area contributed by atoms with E-state index in [1.165, 1.54) is 5.56 Å². The van der Waals surface area contributed by atoms with Gasteiger partial charge >= 0.3 is 0 Å². The number of thiazole rings is 1. The van der Waals surface area contributed by atoms with Gasteiger partial charge in [0.1, 0.15) is 13.2 Å². The van der Waals surface area contributed by atoms with Crippen molar-refractivity contribution in [3.63, 3.8) is 0 Å². The Bertz CT molecular complexity index is 827. The van der Waals surface area contributed by atoms with Crippen molar-refractivity contribution in [2.45, 2.75) is 6.42 Å². The summed E-state index contributed by atoms with van der Waals surface area (Å²) in [5.41, 5.74) is 9.73. The van der Waals surface area contributed by atoms with Gasteiger partial charge in [0.05, 0.1) is 10.7 Å². The fraction of sp³-hybridized carbons (Fsp3) is 0.167. The van der Waals surface area contributed by atoms with Crippen molar-refractivity contribution in [1.29, 1.82) is 0 Å². The molecule has 0 bridgehead atoms. The predicted octanol–water partition coefficient (Wildman–Crippen LogP) is 3.75. The summed E-state index contributed by atoms with van der Waals surface area (Å²) in [5.74, 6) is 1.60.